The van der Waals surface area contributed by atoms with E-state index in [1.807, 2.05) is 23.1 Å². The van der Waals surface area contributed by atoms with E-state index in [0.29, 0.717) is 42.2 Å². The summed E-state index contributed by atoms with van der Waals surface area (Å²) < 4.78 is 44.5. The molecule has 5 rings (SSSR count). The van der Waals surface area contributed by atoms with Crippen LogP contribution in [0.2, 0.25) is 0 Å². The number of guanidine groups is 1. The van der Waals surface area contributed by atoms with E-state index in [9.17, 15) is 27.7 Å². The highest BCUT2D eigenvalue weighted by Gasteiger charge is 2.55. The topological polar surface area (TPSA) is 271 Å². The number of oxime groups is 1. The molecule has 0 radical (unpaired) electrons. The van der Waals surface area contributed by atoms with Crippen molar-refractivity contribution in [3.63, 3.8) is 0 Å². The summed E-state index contributed by atoms with van der Waals surface area (Å²) in [7, 11) is -4.88. The number of hydrogen-bond acceptors (Lipinski definition) is 14. The van der Waals surface area contributed by atoms with E-state index in [4.69, 9.17) is 31.2 Å². The fourth-order valence-electron chi connectivity index (χ4n) is 5.46. The van der Waals surface area contributed by atoms with Crippen LogP contribution in [-0.2, 0) is 37.6 Å². The Kier molecular flexibility index (Phi) is 11.2. The van der Waals surface area contributed by atoms with Crippen LogP contribution in [0.15, 0.2) is 28.7 Å². The first-order valence-corrected chi connectivity index (χ1v) is 17.3. The molecule has 4 heterocycles. The molecule has 0 aliphatic carbocycles. The summed E-state index contributed by atoms with van der Waals surface area (Å²) in [5, 5.41) is 29.9. The van der Waals surface area contributed by atoms with Crippen molar-refractivity contribution in [1.82, 2.24) is 29.7 Å². The van der Waals surface area contributed by atoms with Crippen LogP contribution in [-0.4, -0.2) is 132 Å². The normalized spacial score (nSPS) is 21.3. The number of hydrogen-bond donors (Lipinski definition) is 7. The maximum absolute atomic E-state index is 13.4. The molecule has 1 aromatic carbocycles. The zero-order chi connectivity index (χ0) is 34.4. The number of nitrogens with two attached hydrogens (primary N) is 2. The SMILES string of the molecule is N=C(NCCCN)N1CCc2cc(OCCO/N=C(\C(=O)N[C@@H]3C(O)N(S(=O)(=O)O)[C@@H]3CN3CCOC3=O)c3csc(N)n3)ccc2C1. The molecule has 3 atom stereocenters. The highest BCUT2D eigenvalue weighted by Crippen LogP contribution is 2.29. The Morgan fingerprint density at radius 3 is 2.77 bits per heavy atom. The highest BCUT2D eigenvalue weighted by atomic mass is 32.2. The monoisotopic (exact) mass is 710 g/mol. The minimum Gasteiger partial charge on any atom is -0.490 e. The van der Waals surface area contributed by atoms with Gasteiger partial charge in [0.05, 0.1) is 18.6 Å². The number of amides is 2. The molecule has 9 N–H and O–H groups in total. The molecule has 2 aromatic rings. The van der Waals surface area contributed by atoms with Gasteiger partial charge in [0.15, 0.2) is 23.4 Å². The van der Waals surface area contributed by atoms with Gasteiger partial charge in [-0.3, -0.25) is 14.8 Å². The van der Waals surface area contributed by atoms with Crippen molar-refractivity contribution < 1.29 is 42.0 Å². The third kappa shape index (κ3) is 8.22. The zero-order valence-corrected chi connectivity index (χ0v) is 27.4. The van der Waals surface area contributed by atoms with Crippen LogP contribution in [0.5, 0.6) is 5.75 Å². The number of rotatable bonds is 14. The number of nitrogens with one attached hydrogen (secondary N) is 3. The third-order valence-corrected chi connectivity index (χ3v) is 9.59. The van der Waals surface area contributed by atoms with Gasteiger partial charge in [-0.15, -0.1) is 15.6 Å². The molecule has 2 amide bonds. The number of ether oxygens (including phenoxy) is 2. The second kappa shape index (κ2) is 15.3. The van der Waals surface area contributed by atoms with Gasteiger partial charge in [-0.05, 0) is 42.6 Å². The van der Waals surface area contributed by atoms with E-state index in [1.54, 1.807) is 0 Å². The first-order chi connectivity index (χ1) is 23.0. The number of anilines is 1. The van der Waals surface area contributed by atoms with Gasteiger partial charge in [-0.25, -0.2) is 9.78 Å². The van der Waals surface area contributed by atoms with Gasteiger partial charge in [0.2, 0.25) is 0 Å². The zero-order valence-electron chi connectivity index (χ0n) is 25.8. The van der Waals surface area contributed by atoms with E-state index >= 15 is 0 Å². The molecule has 3 aliphatic rings. The molecular formula is C27H38N10O9S2. The number of carbonyl (C=O) groups is 2. The molecule has 0 saturated carbocycles. The second-order valence-electron chi connectivity index (χ2n) is 11.1. The maximum Gasteiger partial charge on any atom is 0.409 e. The number of nitrogen functional groups attached to an aromatic ring is 1. The van der Waals surface area contributed by atoms with Crippen LogP contribution in [0, 0.1) is 5.41 Å². The molecule has 19 nitrogen and oxygen atoms in total. The first-order valence-electron chi connectivity index (χ1n) is 15.1. The Hall–Kier alpha value is -4.28. The van der Waals surface area contributed by atoms with Crippen LogP contribution in [0.1, 0.15) is 23.2 Å². The number of nitrogens with zero attached hydrogens (tertiary/aromatic N) is 5. The van der Waals surface area contributed by atoms with Gasteiger partial charge < -0.3 is 51.3 Å². The van der Waals surface area contributed by atoms with Crippen LogP contribution in [0.3, 0.4) is 0 Å². The molecule has 1 unspecified atom stereocenters. The van der Waals surface area contributed by atoms with Crippen molar-refractivity contribution in [2.75, 3.05) is 58.3 Å². The van der Waals surface area contributed by atoms with Gasteiger partial charge in [0.1, 0.15) is 30.9 Å². The lowest BCUT2D eigenvalue weighted by Crippen LogP contribution is -2.76. The van der Waals surface area contributed by atoms with Crippen LogP contribution < -0.4 is 26.8 Å². The van der Waals surface area contributed by atoms with Crippen molar-refractivity contribution in [1.29, 1.82) is 5.41 Å². The molecule has 2 saturated heterocycles. The molecule has 0 bridgehead atoms. The summed E-state index contributed by atoms with van der Waals surface area (Å²) in [6.07, 6.45) is -0.990. The number of aromatic nitrogens is 1. The van der Waals surface area contributed by atoms with Crippen molar-refractivity contribution >= 4 is 50.4 Å². The quantitative estimate of drug-likeness (QED) is 0.0387. The minimum absolute atomic E-state index is 0.0603. The Balaban J connectivity index is 1.18. The smallest absolute Gasteiger partial charge is 0.409 e. The standard InChI is InChI=1S/C27H38N10O9S2/c28-5-1-6-31-25(29)35-7-4-16-12-18(3-2-17(16)13-35)44-10-11-46-34-21(19-15-47-26(30)32-19)23(38)33-22-20(14-36-8-9-45-27(36)40)37(24(22)39)48(41,42)43/h2-3,12,15,20,22,24,39H,1,4-11,13-14,28H2,(H2,29,31)(H2,30,32)(H,33,38)(H,41,42,43)/b34-21-/t20-,22+,24?/m1/s1. The molecule has 3 aliphatic heterocycles. The van der Waals surface area contributed by atoms with Crippen molar-refractivity contribution in [2.24, 2.45) is 10.9 Å². The van der Waals surface area contributed by atoms with Gasteiger partial charge >= 0.3 is 16.4 Å². The van der Waals surface area contributed by atoms with Crippen LogP contribution in [0.25, 0.3) is 0 Å². The number of aliphatic hydroxyl groups is 1. The second-order valence-corrected chi connectivity index (χ2v) is 13.3. The van der Waals surface area contributed by atoms with Crippen molar-refractivity contribution in [2.45, 2.75) is 37.7 Å². The van der Waals surface area contributed by atoms with Crippen LogP contribution in [0.4, 0.5) is 9.93 Å². The molecular weight excluding hydrogens is 672 g/mol. The number of fused-ring (bicyclic) bond motifs is 1. The Morgan fingerprint density at radius 2 is 2.08 bits per heavy atom. The molecule has 48 heavy (non-hydrogen) atoms. The van der Waals surface area contributed by atoms with E-state index in [0.717, 1.165) is 35.3 Å². The lowest BCUT2D eigenvalue weighted by atomic mass is 9.96. The Morgan fingerprint density at radius 1 is 1.27 bits per heavy atom. The van der Waals surface area contributed by atoms with Crippen LogP contribution >= 0.6 is 11.3 Å². The first kappa shape index (κ1) is 35.0. The number of benzene rings is 1. The van der Waals surface area contributed by atoms with Crippen molar-refractivity contribution in [3.05, 3.63) is 40.4 Å². The average molecular weight is 711 g/mol. The molecule has 21 heteroatoms. The summed E-state index contributed by atoms with van der Waals surface area (Å²) in [4.78, 5) is 37.9. The van der Waals surface area contributed by atoms with E-state index in [1.165, 1.54) is 10.3 Å². The number of carbonyl (C=O) groups excluding carboxylic acids is 2. The predicted molar refractivity (Wildman–Crippen MR) is 173 cm³/mol. The molecule has 1 aromatic heterocycles. The van der Waals surface area contributed by atoms with E-state index in [2.05, 4.69) is 20.8 Å². The third-order valence-electron chi connectivity index (χ3n) is 7.90. The van der Waals surface area contributed by atoms with Gasteiger partial charge in [0.25, 0.3) is 5.91 Å². The fourth-order valence-corrected chi connectivity index (χ4v) is 6.95. The summed E-state index contributed by atoms with van der Waals surface area (Å²) >= 11 is 1.05. The van der Waals surface area contributed by atoms with Gasteiger partial charge in [-0.2, -0.15) is 8.42 Å². The summed E-state index contributed by atoms with van der Waals surface area (Å²) in [5.41, 5.74) is 13.3. The van der Waals surface area contributed by atoms with E-state index in [-0.39, 0.29) is 49.4 Å². The maximum atomic E-state index is 13.4. The summed E-state index contributed by atoms with van der Waals surface area (Å²) in [6, 6.07) is 3.29. The molecule has 262 valence electrons. The van der Waals surface area contributed by atoms with Gasteiger partial charge in [-0.1, -0.05) is 11.2 Å². The average Bonchev–Trinajstić information content (AvgIpc) is 3.67. The number of thiazole rings is 1. The highest BCUT2D eigenvalue weighted by molar-refractivity contribution is 7.83. The Labute approximate surface area is 280 Å². The van der Waals surface area contributed by atoms with Gasteiger partial charge in [0, 0.05) is 31.6 Å². The van der Waals surface area contributed by atoms with E-state index < -0.39 is 40.6 Å². The molecule has 2 fully saturated rings. The fraction of sp³-hybridized carbons (Fsp3) is 0.519. The Bertz CT molecular complexity index is 1640. The summed E-state index contributed by atoms with van der Waals surface area (Å²) in [5.74, 6) is 0.116. The lowest BCUT2D eigenvalue weighted by molar-refractivity contribution is -0.130. The number of cyclic esters (lactones) is 1. The lowest BCUT2D eigenvalue weighted by Gasteiger charge is -2.50. The predicted octanol–water partition coefficient (Wildman–Crippen LogP) is -1.50. The molecule has 0 spiro atoms. The summed E-state index contributed by atoms with van der Waals surface area (Å²) in [6.45, 7) is 2.51. The largest absolute Gasteiger partial charge is 0.490 e. The number of aliphatic hydroxyl groups excluding tert-OH is 1. The van der Waals surface area contributed by atoms with Crippen molar-refractivity contribution in [3.8, 4) is 5.75 Å². The minimum atomic E-state index is -4.88.